The Morgan fingerprint density at radius 1 is 0.365 bits per heavy atom. The maximum Gasteiger partial charge on any atom is 0.160 e. The Morgan fingerprint density at radius 3 is 1.73 bits per heavy atom. The van der Waals surface area contributed by atoms with Crippen molar-refractivity contribution < 1.29 is 4.42 Å². The molecule has 2 aromatic heterocycles. The van der Waals surface area contributed by atoms with Gasteiger partial charge in [-0.15, -0.1) is 0 Å². The lowest BCUT2D eigenvalue weighted by molar-refractivity contribution is 0.670. The number of hydrogen-bond donors (Lipinski definition) is 0. The van der Waals surface area contributed by atoms with Crippen LogP contribution in [0.4, 0.5) is 0 Å². The van der Waals surface area contributed by atoms with E-state index in [1.54, 1.807) is 0 Å². The molecule has 0 saturated heterocycles. The first kappa shape index (κ1) is 36.7. The van der Waals surface area contributed by atoms with Gasteiger partial charge in [0.1, 0.15) is 11.2 Å². The molecule has 1 unspecified atom stereocenters. The van der Waals surface area contributed by atoms with E-state index in [0.29, 0.717) is 5.82 Å². The van der Waals surface area contributed by atoms with E-state index in [0.717, 1.165) is 77.8 Å². The van der Waals surface area contributed by atoms with E-state index in [2.05, 4.69) is 201 Å². The van der Waals surface area contributed by atoms with E-state index in [1.165, 1.54) is 33.4 Å². The highest BCUT2D eigenvalue weighted by Gasteiger charge is 2.41. The molecule has 2 heterocycles. The third-order valence-corrected chi connectivity index (χ3v) is 13.0. The Kier molecular flexibility index (Phi) is 8.62. The van der Waals surface area contributed by atoms with Crippen molar-refractivity contribution in [3.8, 4) is 78.4 Å². The molecular weight excluding hydrogens is 765 g/mol. The number of nitrogens with zero attached hydrogens (tertiary/aromatic N) is 2. The van der Waals surface area contributed by atoms with Crippen molar-refractivity contribution in [2.24, 2.45) is 0 Å². The van der Waals surface area contributed by atoms with Gasteiger partial charge in [-0.3, -0.25) is 0 Å². The van der Waals surface area contributed by atoms with Crippen LogP contribution in [-0.2, 0) is 5.41 Å². The summed E-state index contributed by atoms with van der Waals surface area (Å²) in [6.45, 7) is 2.38. The van der Waals surface area contributed by atoms with E-state index >= 15 is 0 Å². The van der Waals surface area contributed by atoms with Crippen molar-refractivity contribution in [2.75, 3.05) is 0 Å². The van der Waals surface area contributed by atoms with Gasteiger partial charge in [0.15, 0.2) is 5.82 Å². The first-order valence-electron chi connectivity index (χ1n) is 21.6. The highest BCUT2D eigenvalue weighted by Crippen LogP contribution is 2.55. The van der Waals surface area contributed by atoms with Gasteiger partial charge in [0.25, 0.3) is 0 Å². The van der Waals surface area contributed by atoms with Gasteiger partial charge in [-0.2, -0.15) is 0 Å². The van der Waals surface area contributed by atoms with E-state index < -0.39 is 0 Å². The van der Waals surface area contributed by atoms with Crippen molar-refractivity contribution in [1.29, 1.82) is 0 Å². The monoisotopic (exact) mass is 804 g/mol. The highest BCUT2D eigenvalue weighted by molar-refractivity contribution is 6.10. The molecule has 1 aliphatic carbocycles. The fraction of sp³-hybridized carbons (Fsp3) is 0.0333. The van der Waals surface area contributed by atoms with Crippen molar-refractivity contribution in [3.63, 3.8) is 0 Å². The lowest BCUT2D eigenvalue weighted by Gasteiger charge is -2.28. The fourth-order valence-electron chi connectivity index (χ4n) is 9.94. The van der Waals surface area contributed by atoms with E-state index in [1.807, 2.05) is 30.3 Å². The van der Waals surface area contributed by atoms with Crippen LogP contribution in [0, 0.1) is 0 Å². The van der Waals surface area contributed by atoms with Gasteiger partial charge in [-0.1, -0.05) is 194 Å². The molecule has 0 saturated carbocycles. The van der Waals surface area contributed by atoms with Crippen LogP contribution in [0.25, 0.3) is 100 Å². The molecule has 0 aliphatic heterocycles. The maximum atomic E-state index is 6.58. The Balaban J connectivity index is 1.09. The normalized spacial score (nSPS) is 14.2. The molecule has 3 nitrogen and oxygen atoms in total. The minimum Gasteiger partial charge on any atom is -0.455 e. The summed E-state index contributed by atoms with van der Waals surface area (Å²) < 4.78 is 6.58. The summed E-state index contributed by atoms with van der Waals surface area (Å²) in [5.74, 6) is 0.666. The molecule has 0 spiro atoms. The average Bonchev–Trinajstić information content (AvgIpc) is 3.88. The zero-order chi connectivity index (χ0) is 41.9. The van der Waals surface area contributed by atoms with Gasteiger partial charge in [0, 0.05) is 38.4 Å². The summed E-state index contributed by atoms with van der Waals surface area (Å²) in [6.07, 6.45) is 0. The molecule has 3 heteroatoms. The fourth-order valence-corrected chi connectivity index (χ4v) is 9.94. The molecule has 0 bridgehead atoms. The van der Waals surface area contributed by atoms with Crippen molar-refractivity contribution >= 4 is 21.9 Å². The topological polar surface area (TPSA) is 38.9 Å². The first-order chi connectivity index (χ1) is 31.1. The van der Waals surface area contributed by atoms with Crippen molar-refractivity contribution in [1.82, 2.24) is 9.97 Å². The zero-order valence-electron chi connectivity index (χ0n) is 34.7. The van der Waals surface area contributed by atoms with Gasteiger partial charge in [0.05, 0.1) is 11.4 Å². The lowest BCUT2D eigenvalue weighted by Crippen LogP contribution is -2.22. The maximum absolute atomic E-state index is 6.58. The van der Waals surface area contributed by atoms with Crippen LogP contribution in [0.1, 0.15) is 23.6 Å². The average molecular weight is 805 g/mol. The largest absolute Gasteiger partial charge is 0.455 e. The molecule has 1 atom stereocenters. The van der Waals surface area contributed by atoms with E-state index in [-0.39, 0.29) is 5.41 Å². The summed E-state index contributed by atoms with van der Waals surface area (Å²) in [5.41, 5.74) is 19.2. The number of furan rings is 1. The van der Waals surface area contributed by atoms with Crippen LogP contribution < -0.4 is 0 Å². The Morgan fingerprint density at radius 2 is 0.921 bits per heavy atom. The Labute approximate surface area is 366 Å². The summed E-state index contributed by atoms with van der Waals surface area (Å²) in [4.78, 5) is 10.7. The van der Waals surface area contributed by atoms with Crippen molar-refractivity contribution in [3.05, 3.63) is 241 Å². The second-order valence-corrected chi connectivity index (χ2v) is 16.6. The van der Waals surface area contributed by atoms with E-state index in [9.17, 15) is 0 Å². The van der Waals surface area contributed by atoms with Crippen LogP contribution in [0.5, 0.6) is 0 Å². The van der Waals surface area contributed by atoms with Crippen LogP contribution >= 0.6 is 0 Å². The van der Waals surface area contributed by atoms with Crippen LogP contribution in [0.3, 0.4) is 0 Å². The SMILES string of the molecule is CC1(c2ccccc2)c2ccccc2-c2c(-c3cc(-c4ccccc4)cc(-c4cc(-c5ccccc5-c5cccc6c5oc5ccccc56)nc(-c5ccccc5)n4)c3)cccc21. The molecule has 0 N–H and O–H groups in total. The van der Waals surface area contributed by atoms with Gasteiger partial charge < -0.3 is 4.42 Å². The predicted octanol–water partition coefficient (Wildman–Crippen LogP) is 15.7. The third kappa shape index (κ3) is 6.04. The molecule has 9 aromatic carbocycles. The zero-order valence-corrected chi connectivity index (χ0v) is 34.7. The summed E-state index contributed by atoms with van der Waals surface area (Å²) in [7, 11) is 0. The van der Waals surface area contributed by atoms with Crippen molar-refractivity contribution in [2.45, 2.75) is 12.3 Å². The number of fused-ring (bicyclic) bond motifs is 6. The molecule has 296 valence electrons. The van der Waals surface area contributed by atoms with Crippen LogP contribution in [0.15, 0.2) is 229 Å². The van der Waals surface area contributed by atoms with Gasteiger partial charge in [0.2, 0.25) is 0 Å². The minimum absolute atomic E-state index is 0.310. The minimum atomic E-state index is -0.310. The standard InChI is InChI=1S/C60H40N2O/c1-60(44-23-9-4-10-24-44)52-32-15-13-28-51(52)57-45(29-18-33-53(57)60)42-35-41(39-19-5-2-6-20-39)36-43(37-42)54-38-55(62-59(61-54)40-21-7-3-8-22-40)47-26-12-11-25-46(47)49-30-17-31-50-48-27-14-16-34-56(48)63-58(49)50/h2-38H,1H3. The first-order valence-corrected chi connectivity index (χ1v) is 21.6. The molecule has 1 aliphatic rings. The molecule has 63 heavy (non-hydrogen) atoms. The second-order valence-electron chi connectivity index (χ2n) is 16.6. The van der Waals surface area contributed by atoms with E-state index in [4.69, 9.17) is 14.4 Å². The second kappa shape index (κ2) is 14.8. The Bertz CT molecular complexity index is 3520. The smallest absolute Gasteiger partial charge is 0.160 e. The third-order valence-electron chi connectivity index (χ3n) is 13.0. The highest BCUT2D eigenvalue weighted by atomic mass is 16.3. The number of benzene rings is 9. The molecular formula is C60H40N2O. The molecule has 0 amide bonds. The molecule has 0 fully saturated rings. The predicted molar refractivity (Wildman–Crippen MR) is 259 cm³/mol. The number of hydrogen-bond acceptors (Lipinski definition) is 3. The van der Waals surface area contributed by atoms with Gasteiger partial charge >= 0.3 is 0 Å². The summed E-state index contributed by atoms with van der Waals surface area (Å²) >= 11 is 0. The Hall–Kier alpha value is -8.14. The molecule has 12 rings (SSSR count). The molecule has 11 aromatic rings. The quantitative estimate of drug-likeness (QED) is 0.161. The van der Waals surface area contributed by atoms with Gasteiger partial charge in [-0.05, 0) is 92.9 Å². The number of aromatic nitrogens is 2. The molecule has 0 radical (unpaired) electrons. The summed E-state index contributed by atoms with van der Waals surface area (Å²) in [6, 6.07) is 80.0. The van der Waals surface area contributed by atoms with Crippen LogP contribution in [0.2, 0.25) is 0 Å². The van der Waals surface area contributed by atoms with Gasteiger partial charge in [-0.25, -0.2) is 9.97 Å². The van der Waals surface area contributed by atoms with Crippen LogP contribution in [-0.4, -0.2) is 9.97 Å². The number of rotatable bonds is 7. The number of para-hydroxylation sites is 2. The lowest BCUT2D eigenvalue weighted by atomic mass is 9.74. The summed E-state index contributed by atoms with van der Waals surface area (Å²) in [5, 5.41) is 2.20.